The highest BCUT2D eigenvalue weighted by molar-refractivity contribution is 5.97. The van der Waals surface area contributed by atoms with Gasteiger partial charge in [-0.3, -0.25) is 4.79 Å². The Hall–Kier alpha value is -2.50. The van der Waals surface area contributed by atoms with Crippen molar-refractivity contribution in [3.8, 4) is 0 Å². The van der Waals surface area contributed by atoms with Crippen LogP contribution in [0.2, 0.25) is 0 Å². The van der Waals surface area contributed by atoms with Crippen LogP contribution in [0.4, 0.5) is 4.39 Å². The Morgan fingerprint density at radius 2 is 1.68 bits per heavy atom. The van der Waals surface area contributed by atoms with Crippen molar-refractivity contribution in [1.82, 2.24) is 9.88 Å². The maximum atomic E-state index is 15.0. The Balaban J connectivity index is 0.00000112. The van der Waals surface area contributed by atoms with Gasteiger partial charge in [0.25, 0.3) is 0 Å². The summed E-state index contributed by atoms with van der Waals surface area (Å²) < 4.78 is 17.4. The molecule has 1 aromatic heterocycles. The van der Waals surface area contributed by atoms with Crippen LogP contribution in [0, 0.1) is 17.7 Å². The van der Waals surface area contributed by atoms with E-state index in [9.17, 15) is 4.79 Å². The highest BCUT2D eigenvalue weighted by atomic mass is 19.1. The summed E-state index contributed by atoms with van der Waals surface area (Å²) in [6.45, 7) is 15.3. The van der Waals surface area contributed by atoms with Crippen LogP contribution in [0.5, 0.6) is 0 Å². The maximum absolute atomic E-state index is 15.0. The topological polar surface area (TPSA) is 60.0 Å². The zero-order valence-corrected chi connectivity index (χ0v) is 23.8. The van der Waals surface area contributed by atoms with Gasteiger partial charge in [0.1, 0.15) is 5.82 Å². The second-order valence-electron chi connectivity index (χ2n) is 10.3. The van der Waals surface area contributed by atoms with Gasteiger partial charge in [-0.15, -0.1) is 0 Å². The fourth-order valence-electron chi connectivity index (χ4n) is 4.74. The SMILES string of the molecule is CC(C)N.CCNCCC(CC)Cn1cc(Cc2ccc(C(=O)C(CC)CC)cc2F)c2ccccc21. The molecule has 5 heteroatoms. The Labute approximate surface area is 223 Å². The van der Waals surface area contributed by atoms with Crippen molar-refractivity contribution in [2.75, 3.05) is 13.1 Å². The Morgan fingerprint density at radius 3 is 2.27 bits per heavy atom. The first-order valence-electron chi connectivity index (χ1n) is 14.1. The van der Waals surface area contributed by atoms with Crippen molar-refractivity contribution in [2.45, 2.75) is 86.2 Å². The number of carbonyl (C=O) groups is 1. The summed E-state index contributed by atoms with van der Waals surface area (Å²) in [7, 11) is 0. The number of hydrogen-bond donors (Lipinski definition) is 2. The van der Waals surface area contributed by atoms with Gasteiger partial charge in [0, 0.05) is 41.5 Å². The molecule has 1 unspecified atom stereocenters. The van der Waals surface area contributed by atoms with Gasteiger partial charge in [-0.05, 0) is 67.6 Å². The highest BCUT2D eigenvalue weighted by Gasteiger charge is 2.19. The van der Waals surface area contributed by atoms with Gasteiger partial charge in [-0.2, -0.15) is 0 Å². The Kier molecular flexibility index (Phi) is 13.0. The molecule has 0 saturated heterocycles. The molecule has 2 aromatic carbocycles. The number of hydrogen-bond acceptors (Lipinski definition) is 3. The predicted molar refractivity (Wildman–Crippen MR) is 156 cm³/mol. The maximum Gasteiger partial charge on any atom is 0.166 e. The first-order valence-corrected chi connectivity index (χ1v) is 14.1. The molecular weight excluding hydrogens is 461 g/mol. The average Bonchev–Trinajstić information content (AvgIpc) is 3.22. The molecule has 0 spiro atoms. The van der Waals surface area contributed by atoms with Gasteiger partial charge in [0.2, 0.25) is 0 Å². The molecule has 3 N–H and O–H groups in total. The summed E-state index contributed by atoms with van der Waals surface area (Å²) in [4.78, 5) is 12.7. The number of aromatic nitrogens is 1. The molecule has 0 aliphatic carbocycles. The van der Waals surface area contributed by atoms with E-state index in [0.29, 0.717) is 29.5 Å². The number of rotatable bonds is 13. The molecule has 0 aliphatic rings. The summed E-state index contributed by atoms with van der Waals surface area (Å²) in [6.07, 6.45) is 6.56. The van der Waals surface area contributed by atoms with Crippen LogP contribution in [0.3, 0.4) is 0 Å². The molecule has 0 aliphatic heterocycles. The normalized spacial score (nSPS) is 12.2. The van der Waals surface area contributed by atoms with E-state index in [2.05, 4.69) is 48.1 Å². The lowest BCUT2D eigenvalue weighted by Crippen LogP contribution is -2.19. The number of nitrogens with zero attached hydrogens (tertiary/aromatic N) is 1. The van der Waals surface area contributed by atoms with Gasteiger partial charge < -0.3 is 15.6 Å². The van der Waals surface area contributed by atoms with E-state index >= 15 is 4.39 Å². The summed E-state index contributed by atoms with van der Waals surface area (Å²) in [5, 5.41) is 4.61. The summed E-state index contributed by atoms with van der Waals surface area (Å²) >= 11 is 0. The van der Waals surface area contributed by atoms with Crippen LogP contribution >= 0.6 is 0 Å². The first-order chi connectivity index (χ1) is 17.7. The monoisotopic (exact) mass is 509 g/mol. The molecule has 0 radical (unpaired) electrons. The third kappa shape index (κ3) is 9.08. The second kappa shape index (κ2) is 15.7. The number of nitrogens with two attached hydrogens (primary N) is 1. The third-order valence-corrected chi connectivity index (χ3v) is 6.96. The molecular formula is C32H48FN3O. The van der Waals surface area contributed by atoms with Crippen LogP contribution in [-0.4, -0.2) is 29.5 Å². The summed E-state index contributed by atoms with van der Waals surface area (Å²) in [5.74, 6) is 0.318. The molecule has 4 nitrogen and oxygen atoms in total. The van der Waals surface area contributed by atoms with Crippen LogP contribution in [0.25, 0.3) is 10.9 Å². The van der Waals surface area contributed by atoms with Crippen LogP contribution in [0.15, 0.2) is 48.7 Å². The van der Waals surface area contributed by atoms with E-state index < -0.39 is 0 Å². The number of nitrogens with one attached hydrogen (secondary N) is 1. The number of halogens is 1. The molecule has 3 rings (SSSR count). The minimum atomic E-state index is -0.291. The minimum absolute atomic E-state index is 0.0349. The van der Waals surface area contributed by atoms with Crippen molar-refractivity contribution >= 4 is 16.7 Å². The number of Topliss-reactive ketones (excluding diaryl/α,β-unsaturated/α-hetero) is 1. The van der Waals surface area contributed by atoms with Crippen molar-refractivity contribution < 1.29 is 9.18 Å². The number of para-hydroxylation sites is 1. The van der Waals surface area contributed by atoms with Gasteiger partial charge in [-0.1, -0.05) is 78.3 Å². The van der Waals surface area contributed by atoms with Gasteiger partial charge >= 0.3 is 0 Å². The van der Waals surface area contributed by atoms with Crippen LogP contribution in [0.1, 0.15) is 88.7 Å². The Bertz CT molecular complexity index is 1100. The smallest absolute Gasteiger partial charge is 0.166 e. The largest absolute Gasteiger partial charge is 0.347 e. The quantitative estimate of drug-likeness (QED) is 0.187. The summed E-state index contributed by atoms with van der Waals surface area (Å²) in [6, 6.07) is 13.8. The number of carbonyl (C=O) groups excluding carboxylic acids is 1. The molecule has 0 fully saturated rings. The molecule has 0 bridgehead atoms. The predicted octanol–water partition coefficient (Wildman–Crippen LogP) is 7.37. The number of ketones is 1. The van der Waals surface area contributed by atoms with Crippen LogP contribution < -0.4 is 11.1 Å². The third-order valence-electron chi connectivity index (χ3n) is 6.96. The minimum Gasteiger partial charge on any atom is -0.347 e. The van der Waals surface area contributed by atoms with Crippen molar-refractivity contribution in [2.24, 2.45) is 17.6 Å². The zero-order valence-electron chi connectivity index (χ0n) is 23.8. The fraction of sp³-hybridized carbons (Fsp3) is 0.531. The van der Waals surface area contributed by atoms with E-state index in [1.807, 2.05) is 33.8 Å². The molecule has 1 heterocycles. The number of fused-ring (bicyclic) bond motifs is 1. The number of benzene rings is 2. The van der Waals surface area contributed by atoms with Gasteiger partial charge in [0.05, 0.1) is 0 Å². The molecule has 1 atom stereocenters. The van der Waals surface area contributed by atoms with E-state index in [1.54, 1.807) is 12.1 Å². The second-order valence-corrected chi connectivity index (χ2v) is 10.3. The van der Waals surface area contributed by atoms with Crippen molar-refractivity contribution in [3.05, 3.63) is 71.2 Å². The van der Waals surface area contributed by atoms with E-state index in [4.69, 9.17) is 5.73 Å². The lowest BCUT2D eigenvalue weighted by Gasteiger charge is -2.16. The fourth-order valence-corrected chi connectivity index (χ4v) is 4.74. The van der Waals surface area contributed by atoms with E-state index in [-0.39, 0.29) is 17.5 Å². The molecule has 0 saturated carbocycles. The molecule has 204 valence electrons. The average molecular weight is 510 g/mol. The molecule has 3 aromatic rings. The zero-order chi connectivity index (χ0) is 27.4. The van der Waals surface area contributed by atoms with Gasteiger partial charge in [0.15, 0.2) is 5.78 Å². The van der Waals surface area contributed by atoms with Crippen molar-refractivity contribution in [1.29, 1.82) is 0 Å². The van der Waals surface area contributed by atoms with E-state index in [0.717, 1.165) is 50.9 Å². The molecule has 37 heavy (non-hydrogen) atoms. The molecule has 0 amide bonds. The van der Waals surface area contributed by atoms with Crippen LogP contribution in [-0.2, 0) is 13.0 Å². The first kappa shape index (κ1) is 30.7. The van der Waals surface area contributed by atoms with Gasteiger partial charge in [-0.25, -0.2) is 4.39 Å². The lowest BCUT2D eigenvalue weighted by atomic mass is 9.92. The Morgan fingerprint density at radius 1 is 1.00 bits per heavy atom. The van der Waals surface area contributed by atoms with Crippen molar-refractivity contribution in [3.63, 3.8) is 0 Å². The highest BCUT2D eigenvalue weighted by Crippen LogP contribution is 2.27. The summed E-state index contributed by atoms with van der Waals surface area (Å²) in [5.41, 5.74) is 8.57. The van der Waals surface area contributed by atoms with E-state index in [1.165, 1.54) is 17.0 Å². The standard InChI is InChI=1S/C29H39FN2O.C3H9N/c1-5-21(15-16-31-8-4)19-32-20-25(26-11-9-10-12-28(26)32)17-23-13-14-24(18-27(23)30)29(33)22(6-2)7-3;1-3(2)4/h9-14,18,20-22,31H,5-8,15-17,19H2,1-4H3;3H,4H2,1-2H3. The lowest BCUT2D eigenvalue weighted by molar-refractivity contribution is 0.0913.